The smallest absolute Gasteiger partial charge is 0.171 e. The van der Waals surface area contributed by atoms with Crippen LogP contribution in [0.1, 0.15) is 17.5 Å². The number of ketones is 1. The Morgan fingerprint density at radius 3 is 1.78 bits per heavy atom. The second kappa shape index (κ2) is 4.13. The van der Waals surface area contributed by atoms with E-state index in [1.807, 2.05) is 24.3 Å². The zero-order chi connectivity index (χ0) is 15.7. The largest absolute Gasteiger partial charge is 0.508 e. The topological polar surface area (TPSA) is 57.5 Å². The maximum atomic E-state index is 12.4. The van der Waals surface area contributed by atoms with Gasteiger partial charge in [-0.1, -0.05) is 24.3 Å². The molecule has 23 heavy (non-hydrogen) atoms. The number of carbonyl (C=O) groups is 1. The molecule has 0 saturated heterocycles. The molecule has 0 heterocycles. The minimum atomic E-state index is -0.00194. The number of hydrogen-bond acceptors (Lipinski definition) is 3. The van der Waals surface area contributed by atoms with Crippen molar-refractivity contribution in [2.24, 2.45) is 11.8 Å². The lowest BCUT2D eigenvalue weighted by atomic mass is 9.65. The lowest BCUT2D eigenvalue weighted by Crippen LogP contribution is -2.34. The standard InChI is InChI=1S/C20H14O3/c21-12-5-1-10(2-6-12)16-14-9-15-17(19(18(14)16)20(15)23)11-3-7-13(22)8-4-11/h1-8,14-15,21-22H,9H2. The molecule has 0 aliphatic heterocycles. The van der Waals surface area contributed by atoms with Gasteiger partial charge < -0.3 is 10.2 Å². The molecule has 2 unspecified atom stereocenters. The molecule has 2 bridgehead atoms. The molecule has 2 atom stereocenters. The van der Waals surface area contributed by atoms with Crippen LogP contribution in [-0.4, -0.2) is 16.0 Å². The summed E-state index contributed by atoms with van der Waals surface area (Å²) in [5.41, 5.74) is 6.59. The highest BCUT2D eigenvalue weighted by atomic mass is 16.3. The van der Waals surface area contributed by atoms with Crippen LogP contribution in [0, 0.1) is 11.8 Å². The van der Waals surface area contributed by atoms with Gasteiger partial charge in [-0.05, 0) is 58.5 Å². The van der Waals surface area contributed by atoms with Gasteiger partial charge in [-0.3, -0.25) is 4.79 Å². The van der Waals surface area contributed by atoms with E-state index in [9.17, 15) is 15.0 Å². The minimum absolute atomic E-state index is 0.00194. The van der Waals surface area contributed by atoms with Crippen LogP contribution in [0.5, 0.6) is 11.5 Å². The molecule has 5 rings (SSSR count). The Morgan fingerprint density at radius 1 is 0.696 bits per heavy atom. The van der Waals surface area contributed by atoms with Gasteiger partial charge in [0.25, 0.3) is 0 Å². The number of benzene rings is 2. The Bertz CT molecular complexity index is 914. The average molecular weight is 302 g/mol. The summed E-state index contributed by atoms with van der Waals surface area (Å²) in [4.78, 5) is 12.4. The van der Waals surface area contributed by atoms with E-state index in [4.69, 9.17) is 0 Å². The second-order valence-electron chi connectivity index (χ2n) is 6.41. The summed E-state index contributed by atoms with van der Waals surface area (Å²) in [6, 6.07) is 14.3. The summed E-state index contributed by atoms with van der Waals surface area (Å²) in [6.07, 6.45) is 0.851. The summed E-state index contributed by atoms with van der Waals surface area (Å²) < 4.78 is 0. The van der Waals surface area contributed by atoms with Crippen LogP contribution >= 0.6 is 0 Å². The van der Waals surface area contributed by atoms with Crippen molar-refractivity contribution in [1.29, 1.82) is 0 Å². The number of rotatable bonds is 2. The van der Waals surface area contributed by atoms with Crippen molar-refractivity contribution in [3.05, 3.63) is 70.8 Å². The molecular formula is C20H14O3. The second-order valence-corrected chi connectivity index (χ2v) is 6.41. The monoisotopic (exact) mass is 302 g/mol. The van der Waals surface area contributed by atoms with Crippen LogP contribution < -0.4 is 0 Å². The summed E-state index contributed by atoms with van der Waals surface area (Å²) >= 11 is 0. The van der Waals surface area contributed by atoms with E-state index in [0.717, 1.165) is 28.7 Å². The van der Waals surface area contributed by atoms with Crippen LogP contribution in [0.2, 0.25) is 0 Å². The number of fused-ring (bicyclic) bond motifs is 3. The molecule has 2 aromatic rings. The number of Topliss-reactive ketones (excluding diaryl/α,β-unsaturated/α-hetero) is 1. The van der Waals surface area contributed by atoms with Gasteiger partial charge in [-0.15, -0.1) is 0 Å². The highest BCUT2D eigenvalue weighted by Crippen LogP contribution is 2.65. The molecule has 3 aliphatic carbocycles. The zero-order valence-electron chi connectivity index (χ0n) is 12.3. The third-order valence-corrected chi connectivity index (χ3v) is 5.18. The van der Waals surface area contributed by atoms with Crippen molar-refractivity contribution >= 4 is 16.9 Å². The predicted octanol–water partition coefficient (Wildman–Crippen LogP) is 3.54. The molecule has 3 heteroatoms. The molecule has 112 valence electrons. The van der Waals surface area contributed by atoms with E-state index in [-0.39, 0.29) is 23.2 Å². The highest BCUT2D eigenvalue weighted by molar-refractivity contribution is 6.27. The van der Waals surface area contributed by atoms with Crippen molar-refractivity contribution in [2.45, 2.75) is 6.42 Å². The first-order chi connectivity index (χ1) is 11.1. The normalized spacial score (nSPS) is 24.4. The molecule has 3 nitrogen and oxygen atoms in total. The van der Waals surface area contributed by atoms with Crippen LogP contribution in [0.3, 0.4) is 0 Å². The van der Waals surface area contributed by atoms with E-state index in [0.29, 0.717) is 5.92 Å². The number of carbonyl (C=O) groups excluding carboxylic acids is 1. The number of allylic oxidation sites excluding steroid dienone is 4. The molecule has 2 aromatic carbocycles. The van der Waals surface area contributed by atoms with E-state index in [2.05, 4.69) is 0 Å². The molecule has 3 aliphatic rings. The summed E-state index contributed by atoms with van der Waals surface area (Å²) in [5, 5.41) is 18.9. The molecule has 0 saturated carbocycles. The van der Waals surface area contributed by atoms with Crippen molar-refractivity contribution in [3.63, 3.8) is 0 Å². The Morgan fingerprint density at radius 2 is 1.22 bits per heavy atom. The van der Waals surface area contributed by atoms with E-state index < -0.39 is 0 Å². The fraction of sp³-hybridized carbons (Fsp3) is 0.150. The van der Waals surface area contributed by atoms with Gasteiger partial charge in [-0.2, -0.15) is 0 Å². The first kappa shape index (κ1) is 12.7. The first-order valence-corrected chi connectivity index (χ1v) is 7.77. The van der Waals surface area contributed by atoms with Crippen LogP contribution in [0.25, 0.3) is 11.1 Å². The minimum Gasteiger partial charge on any atom is -0.508 e. The van der Waals surface area contributed by atoms with Gasteiger partial charge in [0.1, 0.15) is 11.5 Å². The number of phenols is 2. The van der Waals surface area contributed by atoms with E-state index in [1.165, 1.54) is 11.1 Å². The fourth-order valence-electron chi connectivity index (χ4n) is 4.07. The van der Waals surface area contributed by atoms with E-state index >= 15 is 0 Å². The molecular weight excluding hydrogens is 288 g/mol. The third kappa shape index (κ3) is 1.62. The van der Waals surface area contributed by atoms with Gasteiger partial charge in [0.15, 0.2) is 5.78 Å². The zero-order valence-corrected chi connectivity index (χ0v) is 12.3. The summed E-state index contributed by atoms with van der Waals surface area (Å²) in [7, 11) is 0. The third-order valence-electron chi connectivity index (χ3n) is 5.18. The SMILES string of the molecule is O=C1C2=C(c3ccc(O)cc3)C1CC1C2=C1c1ccc(O)cc1. The van der Waals surface area contributed by atoms with Gasteiger partial charge in [0.05, 0.1) is 0 Å². The Balaban J connectivity index is 1.61. The lowest BCUT2D eigenvalue weighted by Gasteiger charge is -2.36. The molecule has 0 spiro atoms. The van der Waals surface area contributed by atoms with Crippen molar-refractivity contribution < 1.29 is 15.0 Å². The molecule has 0 aromatic heterocycles. The molecule has 0 radical (unpaired) electrons. The van der Waals surface area contributed by atoms with Crippen LogP contribution in [0.15, 0.2) is 59.7 Å². The summed E-state index contributed by atoms with van der Waals surface area (Å²) in [6.45, 7) is 0. The van der Waals surface area contributed by atoms with Gasteiger partial charge in [0.2, 0.25) is 0 Å². The Labute approximate surface area is 133 Å². The maximum absolute atomic E-state index is 12.4. The molecule has 2 N–H and O–H groups in total. The van der Waals surface area contributed by atoms with Gasteiger partial charge in [-0.25, -0.2) is 0 Å². The Hall–Kier alpha value is -2.81. The van der Waals surface area contributed by atoms with Gasteiger partial charge in [0, 0.05) is 17.4 Å². The number of aromatic hydroxyl groups is 2. The lowest BCUT2D eigenvalue weighted by molar-refractivity contribution is -0.119. The van der Waals surface area contributed by atoms with Crippen molar-refractivity contribution in [2.75, 3.05) is 0 Å². The van der Waals surface area contributed by atoms with Crippen molar-refractivity contribution in [1.82, 2.24) is 0 Å². The average Bonchev–Trinajstić information content (AvgIpc) is 3.29. The van der Waals surface area contributed by atoms with Crippen LogP contribution in [0.4, 0.5) is 0 Å². The van der Waals surface area contributed by atoms with E-state index in [1.54, 1.807) is 24.3 Å². The maximum Gasteiger partial charge on any atom is 0.171 e. The Kier molecular flexibility index (Phi) is 2.28. The molecule has 0 fully saturated rings. The van der Waals surface area contributed by atoms with Crippen LogP contribution in [-0.2, 0) is 4.79 Å². The number of hydrogen-bond donors (Lipinski definition) is 2. The first-order valence-electron chi connectivity index (χ1n) is 7.77. The fourth-order valence-corrected chi connectivity index (χ4v) is 4.07. The van der Waals surface area contributed by atoms with Gasteiger partial charge >= 0.3 is 0 Å². The highest BCUT2D eigenvalue weighted by Gasteiger charge is 2.57. The molecule has 0 amide bonds. The summed E-state index contributed by atoms with van der Waals surface area (Å²) in [5.74, 6) is 1.15. The van der Waals surface area contributed by atoms with Crippen molar-refractivity contribution in [3.8, 4) is 11.5 Å². The predicted molar refractivity (Wildman–Crippen MR) is 86.7 cm³/mol. The number of phenolic OH excluding ortho intramolecular Hbond substituents is 2. The quantitative estimate of drug-likeness (QED) is 0.892.